The Morgan fingerprint density at radius 2 is 2.05 bits per heavy atom. The summed E-state index contributed by atoms with van der Waals surface area (Å²) < 4.78 is 36.3. The van der Waals surface area contributed by atoms with Gasteiger partial charge in [0.2, 0.25) is 0 Å². The Kier molecular flexibility index (Phi) is 5.11. The van der Waals surface area contributed by atoms with Crippen LogP contribution in [0.5, 0.6) is 0 Å². The second-order valence-electron chi connectivity index (χ2n) is 5.01. The first-order valence-electron chi connectivity index (χ1n) is 5.70. The second-order valence-corrected chi connectivity index (χ2v) is 8.40. The lowest BCUT2D eigenvalue weighted by Gasteiger charge is -2.32. The average Bonchev–Trinajstić information content (AvgIpc) is 2.29. The molecule has 0 aliphatic rings. The predicted octanol–water partition coefficient (Wildman–Crippen LogP) is 1.79. The Labute approximate surface area is 121 Å². The Hall–Kier alpha value is -0.500. The molecule has 4 nitrogen and oxygen atoms in total. The van der Waals surface area contributed by atoms with Crippen LogP contribution < -0.4 is 11.3 Å². The standard InChI is InChI=1S/C12H18BrFN2O2S/c1-12(2,19(3,17)18)10(16-15)7-8-5-4-6-9(14)11(8)13/h4-6,10,16H,7,15H2,1-3H3. The molecular formula is C12H18BrFN2O2S. The highest BCUT2D eigenvalue weighted by atomic mass is 79.9. The van der Waals surface area contributed by atoms with Crippen molar-refractivity contribution in [3.8, 4) is 0 Å². The van der Waals surface area contributed by atoms with Crippen molar-refractivity contribution in [1.29, 1.82) is 0 Å². The van der Waals surface area contributed by atoms with Crippen LogP contribution in [0.25, 0.3) is 0 Å². The highest BCUT2D eigenvalue weighted by molar-refractivity contribution is 9.10. The van der Waals surface area contributed by atoms with Crippen LogP contribution in [0, 0.1) is 5.82 Å². The summed E-state index contributed by atoms with van der Waals surface area (Å²) in [5.74, 6) is 5.08. The van der Waals surface area contributed by atoms with E-state index in [1.807, 2.05) is 0 Å². The normalized spacial score (nSPS) is 14.4. The number of halogens is 2. The summed E-state index contributed by atoms with van der Waals surface area (Å²) in [5, 5.41) is 0. The molecule has 19 heavy (non-hydrogen) atoms. The fourth-order valence-corrected chi connectivity index (χ4v) is 2.78. The molecule has 108 valence electrons. The van der Waals surface area contributed by atoms with Crippen LogP contribution in [0.1, 0.15) is 19.4 Å². The SMILES string of the molecule is CC(C)(C(Cc1cccc(F)c1Br)NN)S(C)(=O)=O. The third-order valence-corrected chi connectivity index (χ3v) is 6.54. The molecule has 1 unspecified atom stereocenters. The maximum absolute atomic E-state index is 13.4. The molecule has 1 atom stereocenters. The number of hydrogen-bond donors (Lipinski definition) is 2. The van der Waals surface area contributed by atoms with Crippen LogP contribution in [0.4, 0.5) is 4.39 Å². The number of hydrazine groups is 1. The second kappa shape index (κ2) is 5.87. The topological polar surface area (TPSA) is 72.2 Å². The number of rotatable bonds is 5. The highest BCUT2D eigenvalue weighted by Gasteiger charge is 2.38. The van der Waals surface area contributed by atoms with E-state index < -0.39 is 20.6 Å². The average molecular weight is 353 g/mol. The van der Waals surface area contributed by atoms with Crippen molar-refractivity contribution in [2.75, 3.05) is 6.26 Å². The molecule has 0 fully saturated rings. The van der Waals surface area contributed by atoms with E-state index in [1.54, 1.807) is 26.0 Å². The van der Waals surface area contributed by atoms with Crippen LogP contribution in [0.15, 0.2) is 22.7 Å². The van der Waals surface area contributed by atoms with Crippen LogP contribution >= 0.6 is 15.9 Å². The Balaban J connectivity index is 3.11. The van der Waals surface area contributed by atoms with E-state index >= 15 is 0 Å². The molecule has 0 spiro atoms. The minimum atomic E-state index is -3.31. The zero-order chi connectivity index (χ0) is 14.8. The fraction of sp³-hybridized carbons (Fsp3) is 0.500. The van der Waals surface area contributed by atoms with Gasteiger partial charge in [-0.25, -0.2) is 12.8 Å². The Morgan fingerprint density at radius 3 is 2.53 bits per heavy atom. The first-order chi connectivity index (χ1) is 8.61. The van der Waals surface area contributed by atoms with Gasteiger partial charge in [-0.2, -0.15) is 0 Å². The molecule has 0 amide bonds. The summed E-state index contributed by atoms with van der Waals surface area (Å²) in [4.78, 5) is 0. The lowest BCUT2D eigenvalue weighted by molar-refractivity contribution is 0.412. The monoisotopic (exact) mass is 352 g/mol. The van der Waals surface area contributed by atoms with Crippen molar-refractivity contribution in [2.45, 2.75) is 31.1 Å². The largest absolute Gasteiger partial charge is 0.271 e. The molecule has 3 N–H and O–H groups in total. The van der Waals surface area contributed by atoms with Gasteiger partial charge in [0, 0.05) is 12.3 Å². The number of hydrogen-bond acceptors (Lipinski definition) is 4. The molecule has 0 aliphatic heterocycles. The van der Waals surface area contributed by atoms with Crippen molar-refractivity contribution < 1.29 is 12.8 Å². The zero-order valence-electron chi connectivity index (χ0n) is 11.1. The Bertz CT molecular complexity index is 561. The van der Waals surface area contributed by atoms with Gasteiger partial charge in [-0.05, 0) is 47.8 Å². The molecule has 0 radical (unpaired) electrons. The summed E-state index contributed by atoms with van der Waals surface area (Å²) in [5.41, 5.74) is 3.19. The van der Waals surface area contributed by atoms with Gasteiger partial charge in [-0.1, -0.05) is 12.1 Å². The minimum Gasteiger partial charge on any atom is -0.271 e. The van der Waals surface area contributed by atoms with E-state index in [2.05, 4.69) is 21.4 Å². The highest BCUT2D eigenvalue weighted by Crippen LogP contribution is 2.27. The van der Waals surface area contributed by atoms with Crippen molar-refractivity contribution in [3.05, 3.63) is 34.1 Å². The van der Waals surface area contributed by atoms with Gasteiger partial charge >= 0.3 is 0 Å². The molecular weight excluding hydrogens is 335 g/mol. The van der Waals surface area contributed by atoms with E-state index in [1.165, 1.54) is 6.07 Å². The van der Waals surface area contributed by atoms with Crippen LogP contribution in [-0.2, 0) is 16.3 Å². The van der Waals surface area contributed by atoms with Crippen molar-refractivity contribution in [3.63, 3.8) is 0 Å². The predicted molar refractivity (Wildman–Crippen MR) is 77.8 cm³/mol. The van der Waals surface area contributed by atoms with Gasteiger partial charge in [-0.15, -0.1) is 0 Å². The van der Waals surface area contributed by atoms with E-state index in [0.717, 1.165) is 6.26 Å². The van der Waals surface area contributed by atoms with E-state index in [9.17, 15) is 12.8 Å². The summed E-state index contributed by atoms with van der Waals surface area (Å²) in [6.45, 7) is 3.19. The quantitative estimate of drug-likeness (QED) is 0.625. The molecule has 0 bridgehead atoms. The van der Waals surface area contributed by atoms with E-state index in [0.29, 0.717) is 16.5 Å². The molecule has 0 saturated carbocycles. The number of nitrogens with one attached hydrogen (secondary N) is 1. The van der Waals surface area contributed by atoms with Gasteiger partial charge in [0.05, 0.1) is 9.22 Å². The third-order valence-electron chi connectivity index (χ3n) is 3.45. The first-order valence-corrected chi connectivity index (χ1v) is 8.38. The van der Waals surface area contributed by atoms with E-state index in [4.69, 9.17) is 5.84 Å². The van der Waals surface area contributed by atoms with Gasteiger partial charge in [-0.3, -0.25) is 11.3 Å². The summed E-state index contributed by atoms with van der Waals surface area (Å²) in [6, 6.07) is 4.12. The van der Waals surface area contributed by atoms with E-state index in [-0.39, 0.29) is 5.82 Å². The van der Waals surface area contributed by atoms with Crippen molar-refractivity contribution in [1.82, 2.24) is 5.43 Å². The zero-order valence-corrected chi connectivity index (χ0v) is 13.5. The molecule has 1 aromatic rings. The first kappa shape index (κ1) is 16.6. The van der Waals surface area contributed by atoms with Crippen molar-refractivity contribution >= 4 is 25.8 Å². The van der Waals surface area contributed by atoms with Crippen LogP contribution in [0.3, 0.4) is 0 Å². The molecule has 7 heteroatoms. The molecule has 0 saturated heterocycles. The molecule has 0 aliphatic carbocycles. The summed E-state index contributed by atoms with van der Waals surface area (Å²) in [7, 11) is -3.31. The maximum Gasteiger partial charge on any atom is 0.154 e. The van der Waals surface area contributed by atoms with Gasteiger partial charge in [0.1, 0.15) is 5.82 Å². The molecule has 1 aromatic carbocycles. The molecule has 0 aromatic heterocycles. The van der Waals surface area contributed by atoms with Crippen LogP contribution in [-0.4, -0.2) is 25.5 Å². The van der Waals surface area contributed by atoms with Crippen LogP contribution in [0.2, 0.25) is 0 Å². The minimum absolute atomic E-state index is 0.301. The molecule has 1 rings (SSSR count). The number of nitrogens with two attached hydrogens (primary N) is 1. The maximum atomic E-state index is 13.4. The summed E-state index contributed by atoms with van der Waals surface area (Å²) in [6.07, 6.45) is 1.47. The number of sulfone groups is 1. The molecule has 0 heterocycles. The lowest BCUT2D eigenvalue weighted by Crippen LogP contribution is -2.55. The third kappa shape index (κ3) is 3.53. The fourth-order valence-electron chi connectivity index (χ4n) is 1.69. The summed E-state index contributed by atoms with van der Waals surface area (Å²) >= 11 is 3.16. The lowest BCUT2D eigenvalue weighted by atomic mass is 9.96. The van der Waals surface area contributed by atoms with Crippen molar-refractivity contribution in [2.24, 2.45) is 5.84 Å². The van der Waals surface area contributed by atoms with Gasteiger partial charge < -0.3 is 0 Å². The van der Waals surface area contributed by atoms with Gasteiger partial charge in [0.25, 0.3) is 0 Å². The Morgan fingerprint density at radius 1 is 1.47 bits per heavy atom. The smallest absolute Gasteiger partial charge is 0.154 e. The number of benzene rings is 1. The van der Waals surface area contributed by atoms with Gasteiger partial charge in [0.15, 0.2) is 9.84 Å².